The number of hydrogen-bond donors (Lipinski definition) is 2. The SMILES string of the molecule is CC(C)C[C@H]1Cn2nnc(C(=O)NCCCn3cccn3)c2C(=O)N1. The molecule has 0 aromatic carbocycles. The highest BCUT2D eigenvalue weighted by Crippen LogP contribution is 2.16. The molecule has 0 fully saturated rings. The third kappa shape index (κ3) is 4.04. The number of aromatic nitrogens is 5. The minimum Gasteiger partial charge on any atom is -0.350 e. The molecule has 3 rings (SSSR count). The first-order valence-electron chi connectivity index (χ1n) is 8.54. The molecule has 2 N–H and O–H groups in total. The minimum absolute atomic E-state index is 0.0201. The van der Waals surface area contributed by atoms with Crippen molar-refractivity contribution in [3.8, 4) is 0 Å². The molecule has 25 heavy (non-hydrogen) atoms. The van der Waals surface area contributed by atoms with Crippen LogP contribution in [-0.4, -0.2) is 49.2 Å². The van der Waals surface area contributed by atoms with Crippen LogP contribution < -0.4 is 10.6 Å². The van der Waals surface area contributed by atoms with E-state index >= 15 is 0 Å². The summed E-state index contributed by atoms with van der Waals surface area (Å²) >= 11 is 0. The first kappa shape index (κ1) is 17.1. The van der Waals surface area contributed by atoms with Crippen LogP contribution in [0.15, 0.2) is 18.5 Å². The molecule has 9 nitrogen and oxygen atoms in total. The van der Waals surface area contributed by atoms with Crippen LogP contribution >= 0.6 is 0 Å². The van der Waals surface area contributed by atoms with Gasteiger partial charge in [0.05, 0.1) is 6.54 Å². The summed E-state index contributed by atoms with van der Waals surface area (Å²) in [5, 5.41) is 17.7. The first-order valence-corrected chi connectivity index (χ1v) is 8.54. The third-order valence-electron chi connectivity index (χ3n) is 4.06. The summed E-state index contributed by atoms with van der Waals surface area (Å²) in [7, 11) is 0. The van der Waals surface area contributed by atoms with Gasteiger partial charge in [-0.15, -0.1) is 5.10 Å². The molecule has 0 radical (unpaired) electrons. The van der Waals surface area contributed by atoms with E-state index in [0.29, 0.717) is 25.6 Å². The van der Waals surface area contributed by atoms with Crippen molar-refractivity contribution in [1.29, 1.82) is 0 Å². The molecule has 1 aliphatic heterocycles. The number of nitrogens with one attached hydrogen (secondary N) is 2. The van der Waals surface area contributed by atoms with E-state index in [1.807, 2.05) is 12.3 Å². The van der Waals surface area contributed by atoms with Gasteiger partial charge < -0.3 is 10.6 Å². The monoisotopic (exact) mass is 345 g/mol. The number of carbonyl (C=O) groups is 2. The lowest BCUT2D eigenvalue weighted by molar-refractivity contribution is 0.0870. The van der Waals surface area contributed by atoms with Gasteiger partial charge in [0.15, 0.2) is 11.4 Å². The van der Waals surface area contributed by atoms with Gasteiger partial charge in [0.25, 0.3) is 11.8 Å². The maximum Gasteiger partial charge on any atom is 0.274 e. The van der Waals surface area contributed by atoms with E-state index in [2.05, 4.69) is 39.9 Å². The van der Waals surface area contributed by atoms with Crippen LogP contribution in [0, 0.1) is 5.92 Å². The normalized spacial score (nSPS) is 16.6. The standard InChI is InChI=1S/C16H23N7O2/c1-11(2)9-12-10-23-14(16(25)19-12)13(20-21-23)15(24)17-5-3-7-22-8-4-6-18-22/h4,6,8,11-12H,3,5,7,9-10H2,1-2H3,(H,17,24)(H,19,25)/t12-/m0/s1. The quantitative estimate of drug-likeness (QED) is 0.709. The van der Waals surface area contributed by atoms with Crippen LogP contribution in [0.1, 0.15) is 47.7 Å². The van der Waals surface area contributed by atoms with E-state index in [0.717, 1.165) is 12.8 Å². The molecule has 0 unspecified atom stereocenters. The summed E-state index contributed by atoms with van der Waals surface area (Å²) in [4.78, 5) is 24.7. The lowest BCUT2D eigenvalue weighted by Gasteiger charge is -2.25. The first-order chi connectivity index (χ1) is 12.0. The van der Waals surface area contributed by atoms with Crippen molar-refractivity contribution in [2.75, 3.05) is 6.54 Å². The highest BCUT2D eigenvalue weighted by Gasteiger charge is 2.32. The van der Waals surface area contributed by atoms with Gasteiger partial charge in [-0.25, -0.2) is 4.68 Å². The average molecular weight is 345 g/mol. The topological polar surface area (TPSA) is 107 Å². The van der Waals surface area contributed by atoms with Crippen molar-refractivity contribution in [3.63, 3.8) is 0 Å². The van der Waals surface area contributed by atoms with Crippen molar-refractivity contribution >= 4 is 11.8 Å². The molecular weight excluding hydrogens is 322 g/mol. The lowest BCUT2D eigenvalue weighted by Crippen LogP contribution is -2.46. The van der Waals surface area contributed by atoms with Crippen molar-refractivity contribution < 1.29 is 9.59 Å². The zero-order valence-electron chi connectivity index (χ0n) is 14.5. The Hall–Kier alpha value is -2.71. The third-order valence-corrected chi connectivity index (χ3v) is 4.06. The smallest absolute Gasteiger partial charge is 0.274 e. The predicted molar refractivity (Wildman–Crippen MR) is 89.9 cm³/mol. The van der Waals surface area contributed by atoms with E-state index in [4.69, 9.17) is 0 Å². The number of amides is 2. The van der Waals surface area contributed by atoms with Crippen LogP contribution in [-0.2, 0) is 13.1 Å². The Bertz CT molecular complexity index is 736. The molecule has 0 spiro atoms. The van der Waals surface area contributed by atoms with Crippen LogP contribution in [0.5, 0.6) is 0 Å². The molecule has 2 aromatic rings. The summed E-state index contributed by atoms with van der Waals surface area (Å²) < 4.78 is 3.33. The maximum absolute atomic E-state index is 12.3. The van der Waals surface area contributed by atoms with Gasteiger partial charge in [0.1, 0.15) is 0 Å². The molecule has 0 saturated heterocycles. The van der Waals surface area contributed by atoms with Crippen molar-refractivity contribution in [2.24, 2.45) is 5.92 Å². The number of fused-ring (bicyclic) bond motifs is 1. The fraction of sp³-hybridized carbons (Fsp3) is 0.562. The largest absolute Gasteiger partial charge is 0.350 e. The molecule has 2 aromatic heterocycles. The highest BCUT2D eigenvalue weighted by molar-refractivity contribution is 6.05. The second-order valence-corrected chi connectivity index (χ2v) is 6.65. The molecular formula is C16H23N7O2. The number of rotatable bonds is 7. The lowest BCUT2D eigenvalue weighted by atomic mass is 10.0. The Morgan fingerprint density at radius 1 is 1.48 bits per heavy atom. The van der Waals surface area contributed by atoms with Crippen LogP contribution in [0.25, 0.3) is 0 Å². The zero-order valence-corrected chi connectivity index (χ0v) is 14.5. The summed E-state index contributed by atoms with van der Waals surface area (Å²) in [6, 6.07) is 1.87. The number of carbonyl (C=O) groups excluding carboxylic acids is 2. The van der Waals surface area contributed by atoms with Crippen molar-refractivity contribution in [1.82, 2.24) is 35.4 Å². The number of aryl methyl sites for hydroxylation is 1. The van der Waals surface area contributed by atoms with Gasteiger partial charge in [0, 0.05) is 31.5 Å². The predicted octanol–water partition coefficient (Wildman–Crippen LogP) is 0.453. The average Bonchev–Trinajstić information content (AvgIpc) is 3.20. The van der Waals surface area contributed by atoms with E-state index in [1.165, 1.54) is 4.68 Å². The Kier molecular flexibility index (Phi) is 5.11. The summed E-state index contributed by atoms with van der Waals surface area (Å²) in [5.74, 6) is -0.198. The van der Waals surface area contributed by atoms with Crippen LogP contribution in [0.4, 0.5) is 0 Å². The molecule has 0 saturated carbocycles. The van der Waals surface area contributed by atoms with E-state index in [-0.39, 0.29) is 29.2 Å². The van der Waals surface area contributed by atoms with Crippen LogP contribution in [0.2, 0.25) is 0 Å². The molecule has 1 aliphatic rings. The molecule has 9 heteroatoms. The summed E-state index contributed by atoms with van der Waals surface area (Å²) in [6.45, 7) is 5.93. The van der Waals surface area contributed by atoms with Crippen molar-refractivity contribution in [2.45, 2.75) is 45.8 Å². The Balaban J connectivity index is 1.57. The van der Waals surface area contributed by atoms with E-state index in [9.17, 15) is 9.59 Å². The van der Waals surface area contributed by atoms with Gasteiger partial charge in [-0.1, -0.05) is 19.1 Å². The van der Waals surface area contributed by atoms with Gasteiger partial charge in [-0.3, -0.25) is 14.3 Å². The maximum atomic E-state index is 12.3. The molecule has 0 bridgehead atoms. The van der Waals surface area contributed by atoms with Crippen molar-refractivity contribution in [3.05, 3.63) is 29.8 Å². The molecule has 3 heterocycles. The van der Waals surface area contributed by atoms with Gasteiger partial charge >= 0.3 is 0 Å². The summed E-state index contributed by atoms with van der Waals surface area (Å²) in [6.07, 6.45) is 5.18. The Labute approximate surface area is 145 Å². The highest BCUT2D eigenvalue weighted by atomic mass is 16.2. The Morgan fingerprint density at radius 2 is 2.32 bits per heavy atom. The zero-order chi connectivity index (χ0) is 17.8. The molecule has 2 amide bonds. The molecule has 1 atom stereocenters. The molecule has 134 valence electrons. The fourth-order valence-corrected chi connectivity index (χ4v) is 2.99. The van der Waals surface area contributed by atoms with Gasteiger partial charge in [-0.05, 0) is 24.8 Å². The van der Waals surface area contributed by atoms with Gasteiger partial charge in [-0.2, -0.15) is 5.10 Å². The molecule has 0 aliphatic carbocycles. The Morgan fingerprint density at radius 3 is 3.04 bits per heavy atom. The second-order valence-electron chi connectivity index (χ2n) is 6.65. The second kappa shape index (κ2) is 7.45. The fourth-order valence-electron chi connectivity index (χ4n) is 2.99. The number of hydrogen-bond acceptors (Lipinski definition) is 5. The summed E-state index contributed by atoms with van der Waals surface area (Å²) in [5.41, 5.74) is 0.323. The van der Waals surface area contributed by atoms with Gasteiger partial charge in [0.2, 0.25) is 0 Å². The van der Waals surface area contributed by atoms with Crippen LogP contribution in [0.3, 0.4) is 0 Å². The van der Waals surface area contributed by atoms with E-state index < -0.39 is 0 Å². The minimum atomic E-state index is -0.376. The number of nitrogens with zero attached hydrogens (tertiary/aromatic N) is 5. The van der Waals surface area contributed by atoms with E-state index in [1.54, 1.807) is 10.9 Å².